The lowest BCUT2D eigenvalue weighted by Gasteiger charge is -2.15. The van der Waals surface area contributed by atoms with Gasteiger partial charge in [-0.3, -0.25) is 5.32 Å². The molecule has 0 bridgehead atoms. The van der Waals surface area contributed by atoms with Gasteiger partial charge in [-0.15, -0.1) is 11.3 Å². The number of nitriles is 1. The fourth-order valence-electron chi connectivity index (χ4n) is 1.32. The fraction of sp³-hybridized carbons (Fsp3) is 0.545. The number of nitrogens with zero attached hydrogens (tertiary/aromatic N) is 1. The summed E-state index contributed by atoms with van der Waals surface area (Å²) < 4.78 is 0. The Morgan fingerprint density at radius 2 is 2.29 bits per heavy atom. The second kappa shape index (κ2) is 5.14. The lowest BCUT2D eigenvalue weighted by atomic mass is 10.2. The average molecular weight is 208 g/mol. The van der Waals surface area contributed by atoms with E-state index in [2.05, 4.69) is 37.4 Å². The minimum absolute atomic E-state index is 0.0348. The summed E-state index contributed by atoms with van der Waals surface area (Å²) in [7, 11) is 0. The van der Waals surface area contributed by atoms with E-state index in [0.717, 1.165) is 6.42 Å². The molecule has 2 nitrogen and oxygen atoms in total. The monoisotopic (exact) mass is 208 g/mol. The molecule has 1 N–H and O–H groups in total. The summed E-state index contributed by atoms with van der Waals surface area (Å²) in [5.74, 6) is 0. The number of nitrogens with one attached hydrogen (secondary N) is 1. The molecule has 0 aromatic carbocycles. The highest BCUT2D eigenvalue weighted by Gasteiger charge is 2.11. The SMILES string of the molecule is CCC(C#N)NC(C)c1ccc(C)s1. The molecule has 1 aromatic heterocycles. The zero-order valence-corrected chi connectivity index (χ0v) is 9.69. The molecule has 0 aliphatic heterocycles. The number of thiophene rings is 1. The van der Waals surface area contributed by atoms with E-state index in [1.54, 1.807) is 11.3 Å². The van der Waals surface area contributed by atoms with Crippen molar-refractivity contribution in [1.82, 2.24) is 5.32 Å². The highest BCUT2D eigenvalue weighted by atomic mass is 32.1. The van der Waals surface area contributed by atoms with Crippen LogP contribution in [0.4, 0.5) is 0 Å². The van der Waals surface area contributed by atoms with Crippen LogP contribution >= 0.6 is 11.3 Å². The van der Waals surface area contributed by atoms with Crippen LogP contribution in [0.25, 0.3) is 0 Å². The molecule has 0 aliphatic carbocycles. The molecule has 1 aromatic rings. The number of hydrogen-bond acceptors (Lipinski definition) is 3. The van der Waals surface area contributed by atoms with Crippen LogP contribution in [0.1, 0.15) is 36.1 Å². The molecule has 0 saturated carbocycles. The Balaban J connectivity index is 2.58. The Kier molecular flexibility index (Phi) is 4.12. The van der Waals surface area contributed by atoms with Crippen LogP contribution in [0.3, 0.4) is 0 Å². The smallest absolute Gasteiger partial charge is 0.0955 e. The second-order valence-corrected chi connectivity index (χ2v) is 4.75. The lowest BCUT2D eigenvalue weighted by molar-refractivity contribution is 0.514. The molecule has 0 radical (unpaired) electrons. The first-order chi connectivity index (χ1) is 6.67. The van der Waals surface area contributed by atoms with Gasteiger partial charge >= 0.3 is 0 Å². The van der Waals surface area contributed by atoms with Crippen molar-refractivity contribution in [2.45, 2.75) is 39.3 Å². The van der Waals surface area contributed by atoms with E-state index >= 15 is 0 Å². The van der Waals surface area contributed by atoms with Gasteiger partial charge in [0.15, 0.2) is 0 Å². The van der Waals surface area contributed by atoms with E-state index in [-0.39, 0.29) is 12.1 Å². The molecular weight excluding hydrogens is 192 g/mol. The zero-order chi connectivity index (χ0) is 10.6. The van der Waals surface area contributed by atoms with Crippen molar-refractivity contribution in [3.8, 4) is 6.07 Å². The third-order valence-corrected chi connectivity index (χ3v) is 3.39. The molecule has 2 unspecified atom stereocenters. The summed E-state index contributed by atoms with van der Waals surface area (Å²) in [6.45, 7) is 6.22. The van der Waals surface area contributed by atoms with Gasteiger partial charge in [-0.05, 0) is 32.4 Å². The van der Waals surface area contributed by atoms with Gasteiger partial charge < -0.3 is 0 Å². The standard InChI is InChI=1S/C11H16N2S/c1-4-10(7-12)13-9(3)11-6-5-8(2)14-11/h5-6,9-10,13H,4H2,1-3H3. The molecule has 1 heterocycles. The third-order valence-electron chi connectivity index (χ3n) is 2.20. The van der Waals surface area contributed by atoms with Crippen LogP contribution in [0.5, 0.6) is 0 Å². The van der Waals surface area contributed by atoms with Crippen molar-refractivity contribution in [2.75, 3.05) is 0 Å². The summed E-state index contributed by atoms with van der Waals surface area (Å²) in [6.07, 6.45) is 0.852. The van der Waals surface area contributed by atoms with Gasteiger partial charge in [0.05, 0.1) is 12.1 Å². The summed E-state index contributed by atoms with van der Waals surface area (Å²) in [6, 6.07) is 6.74. The van der Waals surface area contributed by atoms with Crippen molar-refractivity contribution in [2.24, 2.45) is 0 Å². The molecule has 2 atom stereocenters. The maximum atomic E-state index is 8.82. The molecule has 0 spiro atoms. The topological polar surface area (TPSA) is 35.8 Å². The highest BCUT2D eigenvalue weighted by molar-refractivity contribution is 7.12. The largest absolute Gasteiger partial charge is 0.294 e. The third kappa shape index (κ3) is 2.83. The first kappa shape index (κ1) is 11.2. The molecule has 0 fully saturated rings. The van der Waals surface area contributed by atoms with Crippen molar-refractivity contribution in [1.29, 1.82) is 5.26 Å². The normalized spacial score (nSPS) is 14.7. The molecule has 0 aliphatic rings. The van der Waals surface area contributed by atoms with Crippen LogP contribution in [0.2, 0.25) is 0 Å². The number of aryl methyl sites for hydroxylation is 1. The van der Waals surface area contributed by atoms with Gasteiger partial charge in [0, 0.05) is 15.8 Å². The zero-order valence-electron chi connectivity index (χ0n) is 8.87. The van der Waals surface area contributed by atoms with Crippen LogP contribution in [0, 0.1) is 18.3 Å². The van der Waals surface area contributed by atoms with Gasteiger partial charge in [-0.1, -0.05) is 6.92 Å². The van der Waals surface area contributed by atoms with E-state index in [1.165, 1.54) is 9.75 Å². The van der Waals surface area contributed by atoms with E-state index in [9.17, 15) is 0 Å². The van der Waals surface area contributed by atoms with Crippen LogP contribution in [-0.2, 0) is 0 Å². The van der Waals surface area contributed by atoms with E-state index in [4.69, 9.17) is 5.26 Å². The van der Waals surface area contributed by atoms with Crippen molar-refractivity contribution in [3.63, 3.8) is 0 Å². The minimum Gasteiger partial charge on any atom is -0.294 e. The van der Waals surface area contributed by atoms with Crippen molar-refractivity contribution in [3.05, 3.63) is 21.9 Å². The summed E-state index contributed by atoms with van der Waals surface area (Å²) in [4.78, 5) is 2.62. The van der Waals surface area contributed by atoms with Gasteiger partial charge in [0.1, 0.15) is 0 Å². The molecule has 0 amide bonds. The Morgan fingerprint density at radius 1 is 1.57 bits per heavy atom. The van der Waals surface area contributed by atoms with Crippen LogP contribution in [-0.4, -0.2) is 6.04 Å². The van der Waals surface area contributed by atoms with Gasteiger partial charge in [0.25, 0.3) is 0 Å². The van der Waals surface area contributed by atoms with Crippen LogP contribution in [0.15, 0.2) is 12.1 Å². The Labute approximate surface area is 89.6 Å². The molecule has 76 valence electrons. The first-order valence-corrected chi connectivity index (χ1v) is 5.71. The van der Waals surface area contributed by atoms with E-state index in [0.29, 0.717) is 0 Å². The number of rotatable bonds is 4. The predicted molar refractivity (Wildman–Crippen MR) is 60.3 cm³/mol. The Bertz CT molecular complexity index is 324. The van der Waals surface area contributed by atoms with E-state index < -0.39 is 0 Å². The van der Waals surface area contributed by atoms with E-state index in [1.807, 2.05) is 6.92 Å². The average Bonchev–Trinajstić information content (AvgIpc) is 2.61. The summed E-state index contributed by atoms with van der Waals surface area (Å²) >= 11 is 1.79. The summed E-state index contributed by atoms with van der Waals surface area (Å²) in [5.41, 5.74) is 0. The molecule has 14 heavy (non-hydrogen) atoms. The van der Waals surface area contributed by atoms with Crippen LogP contribution < -0.4 is 5.32 Å². The molecule has 1 rings (SSSR count). The maximum absolute atomic E-state index is 8.82. The Morgan fingerprint density at radius 3 is 2.71 bits per heavy atom. The van der Waals surface area contributed by atoms with Gasteiger partial charge in [-0.2, -0.15) is 5.26 Å². The van der Waals surface area contributed by atoms with Crippen molar-refractivity contribution < 1.29 is 0 Å². The van der Waals surface area contributed by atoms with Gasteiger partial charge in [-0.25, -0.2) is 0 Å². The van der Waals surface area contributed by atoms with Gasteiger partial charge in [0.2, 0.25) is 0 Å². The highest BCUT2D eigenvalue weighted by Crippen LogP contribution is 2.22. The van der Waals surface area contributed by atoms with Crippen molar-refractivity contribution >= 4 is 11.3 Å². The lowest BCUT2D eigenvalue weighted by Crippen LogP contribution is -2.29. The predicted octanol–water partition coefficient (Wildman–Crippen LogP) is 3.01. The number of hydrogen-bond donors (Lipinski definition) is 1. The Hall–Kier alpha value is -0.850. The molecular formula is C11H16N2S. The summed E-state index contributed by atoms with van der Waals surface area (Å²) in [5, 5.41) is 12.1. The quantitative estimate of drug-likeness (QED) is 0.825. The maximum Gasteiger partial charge on any atom is 0.0955 e. The molecule has 3 heteroatoms. The first-order valence-electron chi connectivity index (χ1n) is 4.89. The molecule has 0 saturated heterocycles. The fourth-order valence-corrected chi connectivity index (χ4v) is 2.21. The second-order valence-electron chi connectivity index (χ2n) is 3.43. The minimum atomic E-state index is -0.0348.